The molecule has 0 aliphatic rings. The predicted molar refractivity (Wildman–Crippen MR) is 189 cm³/mol. The van der Waals surface area contributed by atoms with Crippen LogP contribution in [0.25, 0.3) is 54.9 Å². The molecule has 0 N–H and O–H groups in total. The number of aryl methyl sites for hydroxylation is 1. The van der Waals surface area contributed by atoms with Crippen LogP contribution in [0.4, 0.5) is 0 Å². The zero-order valence-electron chi connectivity index (χ0n) is 24.7. The number of hydrogen-bond donors (Lipinski definition) is 0. The van der Waals surface area contributed by atoms with Crippen molar-refractivity contribution in [3.05, 3.63) is 157 Å². The maximum Gasteiger partial charge on any atom is -0.0259 e. The van der Waals surface area contributed by atoms with Crippen molar-refractivity contribution < 1.29 is 16.2 Å². The second-order valence-electron chi connectivity index (χ2n) is 10.8. The molecular formula is C39H34Cl2GeZr-2. The van der Waals surface area contributed by atoms with Gasteiger partial charge in [0.05, 0.1) is 0 Å². The van der Waals surface area contributed by atoms with Crippen molar-refractivity contribution in [2.75, 3.05) is 0 Å². The van der Waals surface area contributed by atoms with Crippen LogP contribution in [-0.4, -0.2) is 9.98 Å². The Balaban J connectivity index is 0.000000148. The second-order valence-corrected chi connectivity index (χ2v) is 48.7. The monoisotopic (exact) mass is 736 g/mol. The van der Waals surface area contributed by atoms with E-state index in [1.54, 1.807) is 0 Å². The van der Waals surface area contributed by atoms with Gasteiger partial charge >= 0.3 is 54.8 Å². The molecule has 0 unspecified atom stereocenters. The van der Waals surface area contributed by atoms with Crippen LogP contribution < -0.4 is 0 Å². The summed E-state index contributed by atoms with van der Waals surface area (Å²) in [6, 6.07) is 53.8. The third kappa shape index (κ3) is 8.28. The minimum atomic E-state index is -1.59. The predicted octanol–water partition coefficient (Wildman–Crippen LogP) is 12.6. The molecule has 7 rings (SSSR count). The Morgan fingerprint density at radius 1 is 0.512 bits per heavy atom. The number of rotatable bonds is 3. The maximum absolute atomic E-state index is 5.65. The average molecular weight is 737 g/mol. The molecule has 0 nitrogen and oxygen atoms in total. The van der Waals surface area contributed by atoms with E-state index in [1.807, 2.05) is 0 Å². The molecule has 7 aromatic rings. The molecule has 0 radical (unpaired) electrons. The first-order chi connectivity index (χ1) is 20.9. The van der Waals surface area contributed by atoms with Gasteiger partial charge in [-0.1, -0.05) is 133 Å². The normalized spacial score (nSPS) is 10.4. The summed E-state index contributed by atoms with van der Waals surface area (Å²) in [5.74, 6) is 4.46. The molecule has 214 valence electrons. The van der Waals surface area contributed by atoms with Crippen LogP contribution in [0.5, 0.6) is 0 Å². The summed E-state index contributed by atoms with van der Waals surface area (Å²) in [5.41, 5.74) is 9.08. The number of benzene rings is 5. The zero-order chi connectivity index (χ0) is 30.2. The van der Waals surface area contributed by atoms with Crippen LogP contribution in [0.2, 0.25) is 11.5 Å². The largest absolute Gasteiger partial charge is 0.144 e. The molecule has 4 heteroatoms. The third-order valence-electron chi connectivity index (χ3n) is 7.30. The Bertz CT molecular complexity index is 1930. The first-order valence-corrected chi connectivity index (χ1v) is 32.4. The number of fused-ring (bicyclic) bond motifs is 2. The Morgan fingerprint density at radius 3 is 1.40 bits per heavy atom. The van der Waals surface area contributed by atoms with Gasteiger partial charge in [-0.2, -0.15) is 6.07 Å². The van der Waals surface area contributed by atoms with Gasteiger partial charge in [0, 0.05) is 0 Å². The van der Waals surface area contributed by atoms with Crippen LogP contribution in [0.15, 0.2) is 152 Å². The summed E-state index contributed by atoms with van der Waals surface area (Å²) in [7, 11) is 10.6. The van der Waals surface area contributed by atoms with Gasteiger partial charge in [-0.05, 0) is 11.1 Å². The molecule has 0 saturated heterocycles. The fourth-order valence-electron chi connectivity index (χ4n) is 5.16. The molecule has 0 bridgehead atoms. The van der Waals surface area contributed by atoms with Crippen LogP contribution >= 0.6 is 17.0 Å². The van der Waals surface area contributed by atoms with E-state index >= 15 is 0 Å². The van der Waals surface area contributed by atoms with E-state index in [0.717, 1.165) is 0 Å². The van der Waals surface area contributed by atoms with E-state index in [9.17, 15) is 0 Å². The second kappa shape index (κ2) is 15.4. The van der Waals surface area contributed by atoms with Crippen LogP contribution in [0, 0.1) is 6.92 Å². The van der Waals surface area contributed by atoms with Gasteiger partial charge in [0.2, 0.25) is 0 Å². The molecule has 0 saturated carbocycles. The molecule has 0 heterocycles. The van der Waals surface area contributed by atoms with Gasteiger partial charge in [-0.25, -0.2) is 0 Å². The van der Waals surface area contributed by atoms with Crippen molar-refractivity contribution in [1.82, 2.24) is 0 Å². The Kier molecular flexibility index (Phi) is 11.3. The quantitative estimate of drug-likeness (QED) is 0.125. The fraction of sp³-hybridized carbons (Fsp3) is 0.0769. The summed E-state index contributed by atoms with van der Waals surface area (Å²) in [6.45, 7) is 2.15. The third-order valence-corrected chi connectivity index (χ3v) is 41.8. The summed E-state index contributed by atoms with van der Waals surface area (Å²) in [6.07, 6.45) is 0. The van der Waals surface area contributed by atoms with Crippen molar-refractivity contribution >= 4 is 48.5 Å². The summed E-state index contributed by atoms with van der Waals surface area (Å²) >= 11 is -1.59. The van der Waals surface area contributed by atoms with Crippen molar-refractivity contribution in [2.24, 2.45) is 0 Å². The topological polar surface area (TPSA) is 0 Å². The van der Waals surface area contributed by atoms with Crippen molar-refractivity contribution in [1.29, 1.82) is 0 Å². The molecule has 7 aromatic carbocycles. The van der Waals surface area contributed by atoms with E-state index in [1.165, 1.54) is 60.5 Å². The van der Waals surface area contributed by atoms with Gasteiger partial charge in [-0.15, -0.1) is 69.1 Å². The van der Waals surface area contributed by atoms with Crippen LogP contribution in [-0.2, 0) is 16.2 Å². The van der Waals surface area contributed by atoms with Gasteiger partial charge < -0.3 is 0 Å². The number of halogens is 2. The summed E-state index contributed by atoms with van der Waals surface area (Å²) in [5, 5.41) is 5.31. The minimum absolute atomic E-state index is 0.735. The molecular weight excluding hydrogens is 703 g/mol. The Labute approximate surface area is 271 Å². The fourth-order valence-corrected chi connectivity index (χ4v) is 5.16. The van der Waals surface area contributed by atoms with Crippen molar-refractivity contribution in [3.8, 4) is 33.4 Å². The SMILES string of the molecule is Cc1cc2c(-c3ccccc3)cccc2[cH-]1.[CH3][Ge]([CH3])=[Zr]([Cl])[Cl].c1ccc(-c2cc3c(-c4ccccc4)cccc3[cH-]2)cc1. The Hall–Kier alpha value is -2.67. The van der Waals surface area contributed by atoms with Gasteiger partial charge in [0.25, 0.3) is 0 Å². The van der Waals surface area contributed by atoms with Gasteiger partial charge in [0.1, 0.15) is 0 Å². The standard InChI is InChI=1S/C21H15.C16H13.C2H6Ge.2ClH.Zr/c1-3-8-16(9-4-1)19-14-18-12-7-13-20(21(18)15-19)17-10-5-2-6-11-17;1-12-10-14-8-5-9-15(16(14)11-12)13-6-3-2-4-7-13;1-3-2;;;/h1-15H;2-11H,1H3;1-2H3;2*1H;/q2*-1;;;;+2/p-2. The molecule has 0 amide bonds. The van der Waals surface area contributed by atoms with Gasteiger partial charge in [0.15, 0.2) is 0 Å². The summed E-state index contributed by atoms with van der Waals surface area (Å²) in [4.78, 5) is 0. The molecule has 0 fully saturated rings. The van der Waals surface area contributed by atoms with E-state index in [2.05, 4.69) is 170 Å². The molecule has 0 aliphatic heterocycles. The first kappa shape index (κ1) is 31.7. The van der Waals surface area contributed by atoms with E-state index < -0.39 is 26.2 Å². The molecule has 0 aliphatic carbocycles. The van der Waals surface area contributed by atoms with E-state index in [-0.39, 0.29) is 0 Å². The minimum Gasteiger partial charge on any atom is -0.144 e. The first-order valence-electron chi connectivity index (χ1n) is 14.4. The van der Waals surface area contributed by atoms with Crippen molar-refractivity contribution in [3.63, 3.8) is 0 Å². The van der Waals surface area contributed by atoms with Crippen LogP contribution in [0.1, 0.15) is 5.56 Å². The summed E-state index contributed by atoms with van der Waals surface area (Å²) < 4.78 is 0. The van der Waals surface area contributed by atoms with E-state index in [4.69, 9.17) is 17.0 Å². The van der Waals surface area contributed by atoms with Crippen molar-refractivity contribution in [2.45, 2.75) is 18.4 Å². The Morgan fingerprint density at radius 2 is 0.930 bits per heavy atom. The number of hydrogen-bond acceptors (Lipinski definition) is 0. The van der Waals surface area contributed by atoms with Gasteiger partial charge in [-0.3, -0.25) is 0 Å². The smallest absolute Gasteiger partial charge is 0.0259 e. The molecule has 43 heavy (non-hydrogen) atoms. The maximum atomic E-state index is 5.65. The molecule has 0 spiro atoms. The van der Waals surface area contributed by atoms with Crippen LogP contribution in [0.3, 0.4) is 0 Å². The average Bonchev–Trinajstić information content (AvgIpc) is 3.66. The van der Waals surface area contributed by atoms with E-state index in [0.29, 0.717) is 0 Å². The molecule has 0 atom stereocenters. The molecule has 0 aromatic heterocycles. The zero-order valence-corrected chi connectivity index (χ0v) is 30.8.